The first-order valence-electron chi connectivity index (χ1n) is 7.17. The summed E-state index contributed by atoms with van der Waals surface area (Å²) in [5.74, 6) is 0.885. The van der Waals surface area contributed by atoms with Gasteiger partial charge in [-0.3, -0.25) is 4.79 Å². The molecule has 1 aliphatic rings. The van der Waals surface area contributed by atoms with Gasteiger partial charge < -0.3 is 5.32 Å². The number of halogens is 1. The highest BCUT2D eigenvalue weighted by molar-refractivity contribution is 6.30. The molecule has 3 heteroatoms. The predicted octanol–water partition coefficient (Wildman–Crippen LogP) is 3.83. The molecular formula is C16H22ClNO. The zero-order valence-electron chi connectivity index (χ0n) is 11.5. The second kappa shape index (κ2) is 6.95. The average Bonchev–Trinajstić information content (AvgIpc) is 2.91. The van der Waals surface area contributed by atoms with Gasteiger partial charge in [-0.15, -0.1) is 0 Å². The first kappa shape index (κ1) is 14.4. The molecule has 0 spiro atoms. The third kappa shape index (κ3) is 4.54. The standard InChI is InChI=1S/C16H22ClNO/c1-12(10-13-6-8-15(17)9-7-13)16(19)18-11-14-4-2-3-5-14/h6-9,12,14H,2-5,10-11H2,1H3,(H,18,19). The van der Waals surface area contributed by atoms with E-state index < -0.39 is 0 Å². The van der Waals surface area contributed by atoms with Crippen LogP contribution in [0.25, 0.3) is 0 Å². The lowest BCUT2D eigenvalue weighted by molar-refractivity contribution is -0.124. The second-order valence-corrected chi connectivity index (χ2v) is 6.06. The summed E-state index contributed by atoms with van der Waals surface area (Å²) >= 11 is 5.85. The largest absolute Gasteiger partial charge is 0.356 e. The zero-order chi connectivity index (χ0) is 13.7. The second-order valence-electron chi connectivity index (χ2n) is 5.63. The van der Waals surface area contributed by atoms with E-state index in [1.807, 2.05) is 31.2 Å². The molecule has 1 aliphatic carbocycles. The Hall–Kier alpha value is -1.02. The van der Waals surface area contributed by atoms with Crippen LogP contribution >= 0.6 is 11.6 Å². The Balaban J connectivity index is 1.76. The van der Waals surface area contributed by atoms with Gasteiger partial charge in [-0.05, 0) is 42.9 Å². The third-order valence-corrected chi connectivity index (χ3v) is 4.19. The molecule has 2 rings (SSSR count). The van der Waals surface area contributed by atoms with Gasteiger partial charge in [0.05, 0.1) is 0 Å². The van der Waals surface area contributed by atoms with Crippen LogP contribution in [0.2, 0.25) is 5.02 Å². The van der Waals surface area contributed by atoms with Gasteiger partial charge in [0.15, 0.2) is 0 Å². The lowest BCUT2D eigenvalue weighted by Crippen LogP contribution is -2.33. The zero-order valence-corrected chi connectivity index (χ0v) is 12.2. The molecule has 1 atom stereocenters. The van der Waals surface area contributed by atoms with Crippen LogP contribution in [0.15, 0.2) is 24.3 Å². The monoisotopic (exact) mass is 279 g/mol. The molecule has 1 amide bonds. The lowest BCUT2D eigenvalue weighted by atomic mass is 10.00. The van der Waals surface area contributed by atoms with Crippen LogP contribution in [0.1, 0.15) is 38.2 Å². The van der Waals surface area contributed by atoms with E-state index in [0.29, 0.717) is 5.92 Å². The third-order valence-electron chi connectivity index (χ3n) is 3.94. The molecule has 1 unspecified atom stereocenters. The Bertz CT molecular complexity index is 409. The van der Waals surface area contributed by atoms with Gasteiger partial charge in [-0.25, -0.2) is 0 Å². The highest BCUT2D eigenvalue weighted by Gasteiger charge is 2.18. The van der Waals surface area contributed by atoms with Crippen molar-refractivity contribution in [3.8, 4) is 0 Å². The van der Waals surface area contributed by atoms with E-state index in [9.17, 15) is 4.79 Å². The van der Waals surface area contributed by atoms with E-state index >= 15 is 0 Å². The molecule has 1 saturated carbocycles. The van der Waals surface area contributed by atoms with Gasteiger partial charge in [-0.1, -0.05) is 43.5 Å². The Morgan fingerprint density at radius 1 is 1.32 bits per heavy atom. The quantitative estimate of drug-likeness (QED) is 0.872. The topological polar surface area (TPSA) is 29.1 Å². The highest BCUT2D eigenvalue weighted by atomic mass is 35.5. The van der Waals surface area contributed by atoms with Crippen LogP contribution in [0.4, 0.5) is 0 Å². The Kier molecular flexibility index (Phi) is 5.26. The Morgan fingerprint density at radius 3 is 2.58 bits per heavy atom. The molecule has 0 aromatic heterocycles. The molecule has 0 radical (unpaired) electrons. The number of carbonyl (C=O) groups excluding carboxylic acids is 1. The summed E-state index contributed by atoms with van der Waals surface area (Å²) in [6.07, 6.45) is 5.95. The lowest BCUT2D eigenvalue weighted by Gasteiger charge is -2.15. The molecule has 104 valence electrons. The maximum atomic E-state index is 12.0. The fourth-order valence-electron chi connectivity index (χ4n) is 2.70. The van der Waals surface area contributed by atoms with Crippen LogP contribution in [-0.4, -0.2) is 12.5 Å². The fraction of sp³-hybridized carbons (Fsp3) is 0.562. The van der Waals surface area contributed by atoms with E-state index in [1.165, 1.54) is 25.7 Å². The van der Waals surface area contributed by atoms with Crippen molar-refractivity contribution in [1.29, 1.82) is 0 Å². The molecule has 0 heterocycles. The van der Waals surface area contributed by atoms with Crippen LogP contribution in [0.3, 0.4) is 0 Å². The molecular weight excluding hydrogens is 258 g/mol. The maximum Gasteiger partial charge on any atom is 0.223 e. The van der Waals surface area contributed by atoms with E-state index in [-0.39, 0.29) is 11.8 Å². The van der Waals surface area contributed by atoms with Crippen molar-refractivity contribution in [2.24, 2.45) is 11.8 Å². The Morgan fingerprint density at radius 2 is 1.95 bits per heavy atom. The van der Waals surface area contributed by atoms with Crippen LogP contribution in [0, 0.1) is 11.8 Å². The summed E-state index contributed by atoms with van der Waals surface area (Å²) in [4.78, 5) is 12.0. The molecule has 1 fully saturated rings. The summed E-state index contributed by atoms with van der Waals surface area (Å²) in [6.45, 7) is 2.84. The van der Waals surface area contributed by atoms with Gasteiger partial charge in [-0.2, -0.15) is 0 Å². The van der Waals surface area contributed by atoms with E-state index in [0.717, 1.165) is 23.6 Å². The van der Waals surface area contributed by atoms with Crippen molar-refractivity contribution < 1.29 is 4.79 Å². The van der Waals surface area contributed by atoms with Gasteiger partial charge >= 0.3 is 0 Å². The summed E-state index contributed by atoms with van der Waals surface area (Å²) in [7, 11) is 0. The summed E-state index contributed by atoms with van der Waals surface area (Å²) in [5, 5.41) is 3.83. The first-order chi connectivity index (χ1) is 9.15. The molecule has 1 aromatic rings. The van der Waals surface area contributed by atoms with Crippen LogP contribution in [-0.2, 0) is 11.2 Å². The van der Waals surface area contributed by atoms with Crippen molar-refractivity contribution in [2.45, 2.75) is 39.0 Å². The highest BCUT2D eigenvalue weighted by Crippen LogP contribution is 2.23. The number of nitrogens with one attached hydrogen (secondary N) is 1. The molecule has 19 heavy (non-hydrogen) atoms. The van der Waals surface area contributed by atoms with Crippen molar-refractivity contribution >= 4 is 17.5 Å². The van der Waals surface area contributed by atoms with Gasteiger partial charge in [0.1, 0.15) is 0 Å². The Labute approximate surface area is 120 Å². The predicted molar refractivity (Wildman–Crippen MR) is 79.3 cm³/mol. The number of benzene rings is 1. The minimum Gasteiger partial charge on any atom is -0.356 e. The average molecular weight is 280 g/mol. The van der Waals surface area contributed by atoms with Crippen molar-refractivity contribution in [3.63, 3.8) is 0 Å². The molecule has 2 nitrogen and oxygen atoms in total. The van der Waals surface area contributed by atoms with Crippen molar-refractivity contribution in [1.82, 2.24) is 5.32 Å². The van der Waals surface area contributed by atoms with Crippen LogP contribution < -0.4 is 5.32 Å². The van der Waals surface area contributed by atoms with Crippen molar-refractivity contribution in [2.75, 3.05) is 6.54 Å². The normalized spacial score (nSPS) is 17.4. The fourth-order valence-corrected chi connectivity index (χ4v) is 2.83. The molecule has 0 bridgehead atoms. The number of hydrogen-bond acceptors (Lipinski definition) is 1. The van der Waals surface area contributed by atoms with Gasteiger partial charge in [0.25, 0.3) is 0 Å². The first-order valence-corrected chi connectivity index (χ1v) is 7.55. The van der Waals surface area contributed by atoms with E-state index in [2.05, 4.69) is 5.32 Å². The van der Waals surface area contributed by atoms with Crippen LogP contribution in [0.5, 0.6) is 0 Å². The number of amides is 1. The van der Waals surface area contributed by atoms with Gasteiger partial charge in [0.2, 0.25) is 5.91 Å². The summed E-state index contributed by atoms with van der Waals surface area (Å²) < 4.78 is 0. The number of carbonyl (C=O) groups is 1. The minimum atomic E-state index is 0.0163. The number of rotatable bonds is 5. The smallest absolute Gasteiger partial charge is 0.223 e. The summed E-state index contributed by atoms with van der Waals surface area (Å²) in [6, 6.07) is 7.73. The van der Waals surface area contributed by atoms with E-state index in [1.54, 1.807) is 0 Å². The molecule has 0 aliphatic heterocycles. The maximum absolute atomic E-state index is 12.0. The van der Waals surface area contributed by atoms with E-state index in [4.69, 9.17) is 11.6 Å². The minimum absolute atomic E-state index is 0.0163. The van der Waals surface area contributed by atoms with Crippen molar-refractivity contribution in [3.05, 3.63) is 34.9 Å². The summed E-state index contributed by atoms with van der Waals surface area (Å²) in [5.41, 5.74) is 1.16. The number of hydrogen-bond donors (Lipinski definition) is 1. The molecule has 1 N–H and O–H groups in total. The van der Waals surface area contributed by atoms with Gasteiger partial charge in [0, 0.05) is 17.5 Å². The molecule has 1 aromatic carbocycles. The SMILES string of the molecule is CC(Cc1ccc(Cl)cc1)C(=O)NCC1CCCC1. The molecule has 0 saturated heterocycles.